The molecule has 1 aliphatic heterocycles. The van der Waals surface area contributed by atoms with Crippen LogP contribution in [0.15, 0.2) is 18.3 Å². The Balaban J connectivity index is 1.57. The van der Waals surface area contributed by atoms with E-state index in [0.717, 1.165) is 11.4 Å². The van der Waals surface area contributed by atoms with Gasteiger partial charge >= 0.3 is 6.09 Å². The summed E-state index contributed by atoms with van der Waals surface area (Å²) in [6.07, 6.45) is 1.49. The predicted molar refractivity (Wildman–Crippen MR) is 92.0 cm³/mol. The summed E-state index contributed by atoms with van der Waals surface area (Å²) in [7, 11) is 0. The molecular formula is C16H23N7O2. The van der Waals surface area contributed by atoms with Crippen molar-refractivity contribution >= 4 is 11.9 Å². The van der Waals surface area contributed by atoms with Crippen molar-refractivity contribution in [3.8, 4) is 11.4 Å². The number of aromatic nitrogens is 5. The Labute approximate surface area is 146 Å². The molecule has 9 heteroatoms. The van der Waals surface area contributed by atoms with Crippen molar-refractivity contribution in [2.24, 2.45) is 5.41 Å². The van der Waals surface area contributed by atoms with Crippen molar-refractivity contribution in [1.82, 2.24) is 30.5 Å². The molecule has 0 bridgehead atoms. The topological polar surface area (TPSA) is 100 Å². The fourth-order valence-corrected chi connectivity index (χ4v) is 2.51. The Morgan fingerprint density at radius 1 is 1.28 bits per heavy atom. The maximum atomic E-state index is 12.1. The molecule has 0 spiro atoms. The van der Waals surface area contributed by atoms with Crippen molar-refractivity contribution in [3.63, 3.8) is 0 Å². The summed E-state index contributed by atoms with van der Waals surface area (Å²) < 4.78 is 5.38. The quantitative estimate of drug-likeness (QED) is 0.901. The SMILES string of the molecule is CC(C)(C)COC(=O)N1CCN(c2cc(-c3nnn[nH]3)ccn2)CC1. The Morgan fingerprint density at radius 3 is 2.68 bits per heavy atom. The zero-order valence-corrected chi connectivity index (χ0v) is 14.8. The highest BCUT2D eigenvalue weighted by Gasteiger charge is 2.24. The van der Waals surface area contributed by atoms with Crippen LogP contribution in [-0.2, 0) is 4.74 Å². The van der Waals surface area contributed by atoms with Crippen molar-refractivity contribution in [1.29, 1.82) is 0 Å². The van der Waals surface area contributed by atoms with Crippen LogP contribution in [0.25, 0.3) is 11.4 Å². The zero-order chi connectivity index (χ0) is 17.9. The van der Waals surface area contributed by atoms with Gasteiger partial charge in [-0.15, -0.1) is 5.10 Å². The fourth-order valence-electron chi connectivity index (χ4n) is 2.51. The van der Waals surface area contributed by atoms with E-state index in [-0.39, 0.29) is 11.5 Å². The minimum atomic E-state index is -0.246. The van der Waals surface area contributed by atoms with Crippen LogP contribution in [-0.4, -0.2) is 69.4 Å². The number of H-pyrrole nitrogens is 1. The fraction of sp³-hybridized carbons (Fsp3) is 0.562. The third-order valence-corrected chi connectivity index (χ3v) is 3.85. The van der Waals surface area contributed by atoms with Gasteiger partial charge in [0, 0.05) is 37.9 Å². The number of ether oxygens (including phenoxy) is 1. The summed E-state index contributed by atoms with van der Waals surface area (Å²) in [5, 5.41) is 13.8. The summed E-state index contributed by atoms with van der Waals surface area (Å²) in [5.41, 5.74) is 0.847. The van der Waals surface area contributed by atoms with E-state index < -0.39 is 0 Å². The third kappa shape index (κ3) is 4.43. The van der Waals surface area contributed by atoms with Gasteiger partial charge in [0.05, 0.1) is 6.61 Å². The van der Waals surface area contributed by atoms with Crippen LogP contribution in [0.5, 0.6) is 0 Å². The standard InChI is InChI=1S/C16H23N7O2/c1-16(2,3)11-25-15(24)23-8-6-22(7-9-23)13-10-12(4-5-17-13)14-18-20-21-19-14/h4-5,10H,6-9,11H2,1-3H3,(H,18,19,20,21). The van der Waals surface area contributed by atoms with Crippen molar-refractivity contribution in [3.05, 3.63) is 18.3 Å². The molecule has 0 unspecified atom stereocenters. The lowest BCUT2D eigenvalue weighted by Gasteiger charge is -2.35. The highest BCUT2D eigenvalue weighted by molar-refractivity contribution is 5.68. The largest absolute Gasteiger partial charge is 0.449 e. The lowest BCUT2D eigenvalue weighted by molar-refractivity contribution is 0.0707. The molecule has 25 heavy (non-hydrogen) atoms. The zero-order valence-electron chi connectivity index (χ0n) is 14.8. The molecule has 134 valence electrons. The molecule has 1 aliphatic rings. The molecule has 1 saturated heterocycles. The molecule has 0 radical (unpaired) electrons. The number of amides is 1. The summed E-state index contributed by atoms with van der Waals surface area (Å²) in [6.45, 7) is 9.17. The van der Waals surface area contributed by atoms with Crippen LogP contribution in [0.2, 0.25) is 0 Å². The first kappa shape index (κ1) is 17.1. The number of piperazine rings is 1. The molecule has 0 aromatic carbocycles. The molecular weight excluding hydrogens is 322 g/mol. The lowest BCUT2D eigenvalue weighted by atomic mass is 9.99. The van der Waals surface area contributed by atoms with Crippen LogP contribution < -0.4 is 4.90 Å². The third-order valence-electron chi connectivity index (χ3n) is 3.85. The number of nitrogens with zero attached hydrogens (tertiary/aromatic N) is 6. The number of hydrogen-bond donors (Lipinski definition) is 1. The van der Waals surface area contributed by atoms with Gasteiger partial charge in [-0.2, -0.15) is 0 Å². The van der Waals surface area contributed by atoms with E-state index in [1.807, 2.05) is 32.9 Å². The second-order valence-corrected chi connectivity index (χ2v) is 7.24. The molecule has 0 saturated carbocycles. The highest BCUT2D eigenvalue weighted by Crippen LogP contribution is 2.20. The summed E-state index contributed by atoms with van der Waals surface area (Å²) >= 11 is 0. The number of rotatable bonds is 3. The molecule has 2 aromatic rings. The summed E-state index contributed by atoms with van der Waals surface area (Å²) in [6, 6.07) is 3.79. The van der Waals surface area contributed by atoms with Crippen LogP contribution in [0.3, 0.4) is 0 Å². The number of pyridine rings is 1. The van der Waals surface area contributed by atoms with Gasteiger partial charge in [0.25, 0.3) is 0 Å². The Hall–Kier alpha value is -2.71. The second-order valence-electron chi connectivity index (χ2n) is 7.24. The van der Waals surface area contributed by atoms with Crippen LogP contribution in [0, 0.1) is 5.41 Å². The first-order chi connectivity index (χ1) is 11.9. The number of anilines is 1. The van der Waals surface area contributed by atoms with E-state index in [4.69, 9.17) is 4.74 Å². The minimum absolute atomic E-state index is 0.0303. The number of tetrazole rings is 1. The van der Waals surface area contributed by atoms with Crippen LogP contribution >= 0.6 is 0 Å². The van der Waals surface area contributed by atoms with Gasteiger partial charge in [-0.25, -0.2) is 14.9 Å². The van der Waals surface area contributed by atoms with E-state index in [2.05, 4.69) is 30.5 Å². The van der Waals surface area contributed by atoms with E-state index in [0.29, 0.717) is 38.6 Å². The van der Waals surface area contributed by atoms with Gasteiger partial charge in [0.2, 0.25) is 0 Å². The van der Waals surface area contributed by atoms with Crippen molar-refractivity contribution in [2.45, 2.75) is 20.8 Å². The molecule has 2 aromatic heterocycles. The van der Waals surface area contributed by atoms with Gasteiger partial charge in [-0.3, -0.25) is 0 Å². The molecule has 1 fully saturated rings. The number of carbonyl (C=O) groups is 1. The van der Waals surface area contributed by atoms with E-state index in [9.17, 15) is 4.79 Å². The molecule has 0 aliphatic carbocycles. The van der Waals surface area contributed by atoms with E-state index in [1.165, 1.54) is 0 Å². The molecule has 3 rings (SSSR count). The van der Waals surface area contributed by atoms with Crippen molar-refractivity contribution < 1.29 is 9.53 Å². The maximum absolute atomic E-state index is 12.1. The van der Waals surface area contributed by atoms with Crippen LogP contribution in [0.1, 0.15) is 20.8 Å². The van der Waals surface area contributed by atoms with Gasteiger partial charge in [0.1, 0.15) is 5.82 Å². The number of carbonyl (C=O) groups excluding carboxylic acids is 1. The molecule has 1 amide bonds. The minimum Gasteiger partial charge on any atom is -0.449 e. The summed E-state index contributed by atoms with van der Waals surface area (Å²) in [5.74, 6) is 1.45. The highest BCUT2D eigenvalue weighted by atomic mass is 16.6. The normalized spacial score (nSPS) is 15.3. The number of aromatic amines is 1. The first-order valence-electron chi connectivity index (χ1n) is 8.29. The molecule has 9 nitrogen and oxygen atoms in total. The van der Waals surface area contributed by atoms with E-state index >= 15 is 0 Å². The Morgan fingerprint density at radius 2 is 2.04 bits per heavy atom. The number of hydrogen-bond acceptors (Lipinski definition) is 7. The Kier molecular flexibility index (Phi) is 4.82. The molecule has 0 atom stereocenters. The van der Waals surface area contributed by atoms with Crippen LogP contribution in [0.4, 0.5) is 10.6 Å². The molecule has 3 heterocycles. The monoisotopic (exact) mass is 345 g/mol. The number of nitrogens with one attached hydrogen (secondary N) is 1. The maximum Gasteiger partial charge on any atom is 0.409 e. The van der Waals surface area contributed by atoms with Gasteiger partial charge in [-0.05, 0) is 28.0 Å². The average molecular weight is 345 g/mol. The summed E-state index contributed by atoms with van der Waals surface area (Å²) in [4.78, 5) is 20.4. The van der Waals surface area contributed by atoms with Gasteiger partial charge < -0.3 is 14.5 Å². The second kappa shape index (κ2) is 7.04. The predicted octanol–water partition coefficient (Wildman–Crippen LogP) is 1.57. The average Bonchev–Trinajstić information content (AvgIpc) is 3.14. The Bertz CT molecular complexity index is 704. The van der Waals surface area contributed by atoms with Gasteiger partial charge in [-0.1, -0.05) is 20.8 Å². The first-order valence-corrected chi connectivity index (χ1v) is 8.29. The smallest absolute Gasteiger partial charge is 0.409 e. The van der Waals surface area contributed by atoms with E-state index in [1.54, 1.807) is 11.1 Å². The van der Waals surface area contributed by atoms with Gasteiger partial charge in [0.15, 0.2) is 5.82 Å². The van der Waals surface area contributed by atoms with Crippen molar-refractivity contribution in [2.75, 3.05) is 37.7 Å². The lowest BCUT2D eigenvalue weighted by Crippen LogP contribution is -2.49. The molecule has 1 N–H and O–H groups in total.